The number of ether oxygens (including phenoxy) is 2. The van der Waals surface area contributed by atoms with Crippen molar-refractivity contribution in [1.82, 2.24) is 0 Å². The van der Waals surface area contributed by atoms with Crippen LogP contribution in [-0.2, 0) is 9.59 Å². The molecule has 0 atom stereocenters. The Bertz CT molecular complexity index is 935. The number of para-hydroxylation sites is 1. The van der Waals surface area contributed by atoms with Crippen LogP contribution in [0.15, 0.2) is 54.3 Å². The van der Waals surface area contributed by atoms with Gasteiger partial charge in [-0.1, -0.05) is 18.2 Å². The van der Waals surface area contributed by atoms with Crippen LogP contribution in [0.3, 0.4) is 0 Å². The van der Waals surface area contributed by atoms with Crippen LogP contribution in [0.1, 0.15) is 5.56 Å². The van der Waals surface area contributed by atoms with E-state index in [1.165, 1.54) is 13.2 Å². The Hall–Kier alpha value is -3.49. The van der Waals surface area contributed by atoms with Crippen LogP contribution in [0.2, 0.25) is 0 Å². The minimum Gasteiger partial charge on any atom is -0.502 e. The van der Waals surface area contributed by atoms with Gasteiger partial charge in [-0.15, -0.1) is 13.2 Å². The smallest absolute Gasteiger partial charge is 0.502 e. The summed E-state index contributed by atoms with van der Waals surface area (Å²) in [6.45, 7) is 0. The third-order valence-corrected chi connectivity index (χ3v) is 3.76. The summed E-state index contributed by atoms with van der Waals surface area (Å²) in [6, 6.07) is 10.4. The summed E-state index contributed by atoms with van der Waals surface area (Å²) in [7, 11) is 1.37. The van der Waals surface area contributed by atoms with Gasteiger partial charge in [0.15, 0.2) is 5.76 Å². The number of rotatable bonds is 4. The van der Waals surface area contributed by atoms with E-state index in [0.717, 1.165) is 24.3 Å². The van der Waals surface area contributed by atoms with Crippen molar-refractivity contribution in [2.45, 2.75) is 6.36 Å². The van der Waals surface area contributed by atoms with Gasteiger partial charge >= 0.3 is 12.3 Å². The fourth-order valence-corrected chi connectivity index (χ4v) is 2.64. The van der Waals surface area contributed by atoms with Crippen LogP contribution in [0.5, 0.6) is 11.5 Å². The Morgan fingerprint density at radius 2 is 1.59 bits per heavy atom. The molecule has 1 aliphatic heterocycles. The van der Waals surface area contributed by atoms with E-state index in [2.05, 4.69) is 4.74 Å². The van der Waals surface area contributed by atoms with Gasteiger partial charge in [0.1, 0.15) is 11.5 Å². The number of imide groups is 1. The number of benzene rings is 2. The minimum absolute atomic E-state index is 0.0176. The number of halogens is 3. The summed E-state index contributed by atoms with van der Waals surface area (Å²) < 4.78 is 45.6. The molecular formula is C18H12F3NO5. The molecule has 0 spiro atoms. The summed E-state index contributed by atoms with van der Waals surface area (Å²) in [6.07, 6.45) is -4.86. The van der Waals surface area contributed by atoms with Gasteiger partial charge in [0.2, 0.25) is 0 Å². The van der Waals surface area contributed by atoms with Crippen molar-refractivity contribution >= 4 is 23.1 Å². The second-order valence-corrected chi connectivity index (χ2v) is 5.41. The van der Waals surface area contributed by atoms with Crippen molar-refractivity contribution in [3.8, 4) is 11.5 Å². The Balaban J connectivity index is 1.94. The van der Waals surface area contributed by atoms with Crippen LogP contribution < -0.4 is 14.4 Å². The summed E-state index contributed by atoms with van der Waals surface area (Å²) >= 11 is 0. The molecule has 2 amide bonds. The Labute approximate surface area is 151 Å². The van der Waals surface area contributed by atoms with Crippen molar-refractivity contribution in [3.63, 3.8) is 0 Å². The quantitative estimate of drug-likeness (QED) is 0.824. The molecule has 0 aliphatic carbocycles. The maximum absolute atomic E-state index is 12.7. The molecule has 0 saturated carbocycles. The van der Waals surface area contributed by atoms with Crippen LogP contribution >= 0.6 is 0 Å². The highest BCUT2D eigenvalue weighted by Gasteiger charge is 2.41. The van der Waals surface area contributed by atoms with Crippen molar-refractivity contribution in [1.29, 1.82) is 0 Å². The number of anilines is 1. The van der Waals surface area contributed by atoms with Crippen molar-refractivity contribution < 1.29 is 37.3 Å². The highest BCUT2D eigenvalue weighted by atomic mass is 19.4. The van der Waals surface area contributed by atoms with E-state index in [1.807, 2.05) is 0 Å². The number of carbonyl (C=O) groups is 2. The molecule has 1 aliphatic rings. The van der Waals surface area contributed by atoms with E-state index in [-0.39, 0.29) is 22.6 Å². The second-order valence-electron chi connectivity index (χ2n) is 5.41. The van der Waals surface area contributed by atoms with Crippen molar-refractivity contribution in [2.24, 2.45) is 0 Å². The Morgan fingerprint density at radius 1 is 0.963 bits per heavy atom. The molecule has 6 nitrogen and oxygen atoms in total. The zero-order valence-electron chi connectivity index (χ0n) is 13.8. The molecule has 0 saturated heterocycles. The van der Waals surface area contributed by atoms with Crippen LogP contribution in [-0.4, -0.2) is 30.4 Å². The normalized spacial score (nSPS) is 14.7. The first-order chi connectivity index (χ1) is 12.7. The number of hydrogen-bond acceptors (Lipinski definition) is 5. The van der Waals surface area contributed by atoms with E-state index in [9.17, 15) is 27.9 Å². The highest BCUT2D eigenvalue weighted by molar-refractivity contribution is 6.45. The number of nitrogens with zero attached hydrogens (tertiary/aromatic N) is 1. The first kappa shape index (κ1) is 18.3. The molecule has 140 valence electrons. The monoisotopic (exact) mass is 379 g/mol. The van der Waals surface area contributed by atoms with Gasteiger partial charge in [0.05, 0.1) is 18.4 Å². The molecular weight excluding hydrogens is 367 g/mol. The molecule has 1 N–H and O–H groups in total. The lowest BCUT2D eigenvalue weighted by molar-refractivity contribution is -0.274. The third kappa shape index (κ3) is 3.43. The van der Waals surface area contributed by atoms with Gasteiger partial charge in [-0.05, 0) is 30.3 Å². The maximum Gasteiger partial charge on any atom is 0.573 e. The number of amides is 2. The van der Waals surface area contributed by atoms with E-state index in [4.69, 9.17) is 4.74 Å². The van der Waals surface area contributed by atoms with Gasteiger partial charge in [0, 0.05) is 5.56 Å². The maximum atomic E-state index is 12.7. The van der Waals surface area contributed by atoms with Crippen molar-refractivity contribution in [3.05, 3.63) is 59.9 Å². The average molecular weight is 379 g/mol. The van der Waals surface area contributed by atoms with E-state index < -0.39 is 29.7 Å². The van der Waals surface area contributed by atoms with Crippen LogP contribution in [0, 0.1) is 0 Å². The molecule has 0 unspecified atom stereocenters. The lowest BCUT2D eigenvalue weighted by atomic mass is 10.0. The molecule has 2 aromatic carbocycles. The molecule has 0 bridgehead atoms. The molecule has 0 fully saturated rings. The van der Waals surface area contributed by atoms with Crippen LogP contribution in [0.25, 0.3) is 5.57 Å². The number of aliphatic hydroxyl groups is 1. The molecule has 0 radical (unpaired) electrons. The third-order valence-electron chi connectivity index (χ3n) is 3.76. The number of hydrogen-bond donors (Lipinski definition) is 1. The Kier molecular flexibility index (Phi) is 4.52. The minimum atomic E-state index is -4.86. The summed E-state index contributed by atoms with van der Waals surface area (Å²) in [5, 5.41) is 10.2. The summed E-state index contributed by atoms with van der Waals surface area (Å²) in [5.74, 6) is -2.83. The van der Waals surface area contributed by atoms with Crippen molar-refractivity contribution in [2.75, 3.05) is 12.0 Å². The SMILES string of the molecule is COc1ccccc1C1=C(O)C(=O)N(c2ccc(OC(F)(F)F)cc2)C1=O. The van der Waals surface area contributed by atoms with Gasteiger partial charge in [-0.25, -0.2) is 4.90 Å². The molecule has 3 rings (SSSR count). The zero-order chi connectivity index (χ0) is 19.8. The number of aliphatic hydroxyl groups excluding tert-OH is 1. The topological polar surface area (TPSA) is 76.1 Å². The summed E-state index contributed by atoms with van der Waals surface area (Å²) in [4.78, 5) is 25.7. The highest BCUT2D eigenvalue weighted by Crippen LogP contribution is 2.36. The molecule has 9 heteroatoms. The lowest BCUT2D eigenvalue weighted by Gasteiger charge is -2.16. The number of alkyl halides is 3. The fraction of sp³-hybridized carbons (Fsp3) is 0.111. The van der Waals surface area contributed by atoms with E-state index in [1.54, 1.807) is 18.2 Å². The largest absolute Gasteiger partial charge is 0.573 e. The first-order valence-electron chi connectivity index (χ1n) is 7.54. The number of methoxy groups -OCH3 is 1. The van der Waals surface area contributed by atoms with Crippen LogP contribution in [0.4, 0.5) is 18.9 Å². The standard InChI is InChI=1S/C18H12F3NO5/c1-26-13-5-3-2-4-12(13)14-15(23)17(25)22(16(14)24)10-6-8-11(9-7-10)27-18(19,20)21/h2-9,23H,1H3. The zero-order valence-corrected chi connectivity index (χ0v) is 13.8. The number of carbonyl (C=O) groups excluding carboxylic acids is 2. The first-order valence-corrected chi connectivity index (χ1v) is 7.54. The van der Waals surface area contributed by atoms with Gasteiger partial charge in [-0.2, -0.15) is 0 Å². The molecule has 1 heterocycles. The Morgan fingerprint density at radius 3 is 2.19 bits per heavy atom. The second kappa shape index (κ2) is 6.67. The lowest BCUT2D eigenvalue weighted by Crippen LogP contribution is -2.31. The molecule has 0 aromatic heterocycles. The van der Waals surface area contributed by atoms with Gasteiger partial charge in [-0.3, -0.25) is 9.59 Å². The van der Waals surface area contributed by atoms with E-state index in [0.29, 0.717) is 4.90 Å². The average Bonchev–Trinajstić information content (AvgIpc) is 2.84. The fourth-order valence-electron chi connectivity index (χ4n) is 2.64. The predicted octanol–water partition coefficient (Wildman–Crippen LogP) is 3.44. The summed E-state index contributed by atoms with van der Waals surface area (Å²) in [5.41, 5.74) is -0.0561. The van der Waals surface area contributed by atoms with Gasteiger partial charge in [0.25, 0.3) is 5.91 Å². The van der Waals surface area contributed by atoms with Gasteiger partial charge < -0.3 is 14.6 Å². The molecule has 2 aromatic rings. The molecule has 27 heavy (non-hydrogen) atoms. The predicted molar refractivity (Wildman–Crippen MR) is 88.2 cm³/mol. The van der Waals surface area contributed by atoms with E-state index >= 15 is 0 Å².